The van der Waals surface area contributed by atoms with Crippen LogP contribution in [-0.4, -0.2) is 16.9 Å². The van der Waals surface area contributed by atoms with Crippen LogP contribution in [0.1, 0.15) is 25.7 Å². The van der Waals surface area contributed by atoms with Crippen LogP contribution >= 0.6 is 0 Å². The molecule has 0 heterocycles. The standard InChI is InChI=1S/C12H14O3/c13-11-6-8(7-12(14)15)5-9-3-1-2-4-10(9)11/h1-3,8,10H,4-7H2,(H,14,15). The number of carboxylic acid groups (broad SMARTS) is 1. The van der Waals surface area contributed by atoms with Crippen molar-refractivity contribution in [1.82, 2.24) is 0 Å². The first-order valence-electron chi connectivity index (χ1n) is 5.27. The van der Waals surface area contributed by atoms with Crippen LogP contribution in [0.2, 0.25) is 0 Å². The van der Waals surface area contributed by atoms with Gasteiger partial charge in [0.15, 0.2) is 0 Å². The molecule has 3 heteroatoms. The number of carboxylic acids is 1. The van der Waals surface area contributed by atoms with Crippen LogP contribution in [0.5, 0.6) is 0 Å². The van der Waals surface area contributed by atoms with E-state index in [2.05, 4.69) is 0 Å². The van der Waals surface area contributed by atoms with E-state index >= 15 is 0 Å². The highest BCUT2D eigenvalue weighted by Crippen LogP contribution is 2.36. The van der Waals surface area contributed by atoms with Crippen LogP contribution in [0.4, 0.5) is 0 Å². The van der Waals surface area contributed by atoms with Crippen LogP contribution in [0.15, 0.2) is 23.8 Å². The summed E-state index contributed by atoms with van der Waals surface area (Å²) in [4.78, 5) is 22.3. The van der Waals surface area contributed by atoms with Gasteiger partial charge >= 0.3 is 5.97 Å². The third-order valence-electron chi connectivity index (χ3n) is 3.13. The number of hydrogen-bond acceptors (Lipinski definition) is 2. The van der Waals surface area contributed by atoms with Crippen molar-refractivity contribution in [3.63, 3.8) is 0 Å². The normalized spacial score (nSPS) is 29.6. The average Bonchev–Trinajstić information content (AvgIpc) is 2.16. The van der Waals surface area contributed by atoms with E-state index in [0.29, 0.717) is 6.42 Å². The quantitative estimate of drug-likeness (QED) is 0.751. The predicted molar refractivity (Wildman–Crippen MR) is 55.3 cm³/mol. The van der Waals surface area contributed by atoms with Crippen molar-refractivity contribution in [3.8, 4) is 0 Å². The molecule has 3 nitrogen and oxygen atoms in total. The second kappa shape index (κ2) is 4.01. The molecule has 15 heavy (non-hydrogen) atoms. The Morgan fingerprint density at radius 2 is 2.27 bits per heavy atom. The first-order valence-corrected chi connectivity index (χ1v) is 5.27. The highest BCUT2D eigenvalue weighted by Gasteiger charge is 2.32. The van der Waals surface area contributed by atoms with Gasteiger partial charge in [-0.15, -0.1) is 0 Å². The van der Waals surface area contributed by atoms with Crippen LogP contribution in [0.3, 0.4) is 0 Å². The first kappa shape index (κ1) is 10.1. The van der Waals surface area contributed by atoms with E-state index in [4.69, 9.17) is 5.11 Å². The molecular formula is C12H14O3. The Hall–Kier alpha value is -1.38. The first-order chi connectivity index (χ1) is 7.16. The SMILES string of the molecule is O=C(O)CC1CC(=O)C2CC=CC=C2C1. The lowest BCUT2D eigenvalue weighted by Crippen LogP contribution is -2.28. The number of fused-ring (bicyclic) bond motifs is 1. The third kappa shape index (κ3) is 2.17. The minimum atomic E-state index is -0.807. The van der Waals surface area contributed by atoms with Crippen LogP contribution in [0, 0.1) is 11.8 Å². The fraction of sp³-hybridized carbons (Fsp3) is 0.500. The lowest BCUT2D eigenvalue weighted by molar-refractivity contribution is -0.138. The number of rotatable bonds is 2. The Balaban J connectivity index is 2.10. The maximum absolute atomic E-state index is 11.8. The fourth-order valence-corrected chi connectivity index (χ4v) is 2.45. The topological polar surface area (TPSA) is 54.4 Å². The van der Waals surface area contributed by atoms with E-state index in [9.17, 15) is 9.59 Å². The molecule has 0 spiro atoms. The van der Waals surface area contributed by atoms with Gasteiger partial charge in [0.2, 0.25) is 0 Å². The van der Waals surface area contributed by atoms with Gasteiger partial charge in [0.05, 0.1) is 0 Å². The minimum absolute atomic E-state index is 0.00370. The van der Waals surface area contributed by atoms with Crippen molar-refractivity contribution >= 4 is 11.8 Å². The summed E-state index contributed by atoms with van der Waals surface area (Å²) in [5.41, 5.74) is 1.13. The molecule has 2 unspecified atom stereocenters. The zero-order chi connectivity index (χ0) is 10.8. The van der Waals surface area contributed by atoms with Gasteiger partial charge in [-0.05, 0) is 18.8 Å². The monoisotopic (exact) mass is 206 g/mol. The van der Waals surface area contributed by atoms with Crippen molar-refractivity contribution < 1.29 is 14.7 Å². The predicted octanol–water partition coefficient (Wildman–Crippen LogP) is 1.94. The molecule has 0 saturated heterocycles. The Labute approximate surface area is 88.5 Å². The Bertz CT molecular complexity index is 352. The molecule has 1 saturated carbocycles. The summed E-state index contributed by atoms with van der Waals surface area (Å²) in [7, 11) is 0. The number of hydrogen-bond donors (Lipinski definition) is 1. The smallest absolute Gasteiger partial charge is 0.303 e. The van der Waals surface area contributed by atoms with Crippen molar-refractivity contribution in [2.24, 2.45) is 11.8 Å². The van der Waals surface area contributed by atoms with E-state index in [1.165, 1.54) is 0 Å². The summed E-state index contributed by atoms with van der Waals surface area (Å²) < 4.78 is 0. The number of Topliss-reactive ketones (excluding diaryl/α,β-unsaturated/α-hetero) is 1. The summed E-state index contributed by atoms with van der Waals surface area (Å²) in [5.74, 6) is -0.551. The number of carbonyl (C=O) groups excluding carboxylic acids is 1. The molecule has 0 radical (unpaired) electrons. The number of carbonyl (C=O) groups is 2. The molecule has 0 aromatic carbocycles. The number of ketones is 1. The Kier molecular flexibility index (Phi) is 2.71. The van der Waals surface area contributed by atoms with E-state index in [-0.39, 0.29) is 24.0 Å². The Morgan fingerprint density at radius 1 is 1.47 bits per heavy atom. The average molecular weight is 206 g/mol. The highest BCUT2D eigenvalue weighted by molar-refractivity contribution is 5.86. The van der Waals surface area contributed by atoms with Gasteiger partial charge < -0.3 is 5.11 Å². The number of aliphatic carboxylic acids is 1. The van der Waals surface area contributed by atoms with Crippen molar-refractivity contribution in [2.45, 2.75) is 25.7 Å². The number of allylic oxidation sites excluding steroid dienone is 4. The van der Waals surface area contributed by atoms with E-state index in [1.807, 2.05) is 18.2 Å². The molecule has 0 aliphatic heterocycles. The zero-order valence-electron chi connectivity index (χ0n) is 8.48. The van der Waals surface area contributed by atoms with Gasteiger partial charge in [-0.3, -0.25) is 9.59 Å². The lowest BCUT2D eigenvalue weighted by Gasteiger charge is -2.30. The van der Waals surface area contributed by atoms with E-state index in [0.717, 1.165) is 18.4 Å². The molecule has 2 aliphatic rings. The fourth-order valence-electron chi connectivity index (χ4n) is 2.45. The maximum atomic E-state index is 11.8. The Morgan fingerprint density at radius 3 is 3.00 bits per heavy atom. The summed E-state index contributed by atoms with van der Waals surface area (Å²) in [6, 6.07) is 0. The van der Waals surface area contributed by atoms with Gasteiger partial charge in [-0.25, -0.2) is 0 Å². The second-order valence-electron chi connectivity index (χ2n) is 4.30. The maximum Gasteiger partial charge on any atom is 0.303 e. The molecule has 0 aromatic heterocycles. The summed E-state index contributed by atoms with van der Waals surface area (Å²) in [6.07, 6.45) is 8.05. The summed E-state index contributed by atoms with van der Waals surface area (Å²) in [5, 5.41) is 8.70. The van der Waals surface area contributed by atoms with Crippen molar-refractivity contribution in [3.05, 3.63) is 23.8 Å². The van der Waals surface area contributed by atoms with Gasteiger partial charge in [0, 0.05) is 18.8 Å². The van der Waals surface area contributed by atoms with Gasteiger partial charge in [0.1, 0.15) is 5.78 Å². The zero-order valence-corrected chi connectivity index (χ0v) is 8.48. The van der Waals surface area contributed by atoms with Crippen molar-refractivity contribution in [1.29, 1.82) is 0 Å². The molecular weight excluding hydrogens is 192 g/mol. The van der Waals surface area contributed by atoms with E-state index < -0.39 is 5.97 Å². The molecule has 2 rings (SSSR count). The molecule has 2 aliphatic carbocycles. The summed E-state index contributed by atoms with van der Waals surface area (Å²) in [6.45, 7) is 0. The second-order valence-corrected chi connectivity index (χ2v) is 4.30. The van der Waals surface area contributed by atoms with E-state index in [1.54, 1.807) is 0 Å². The summed E-state index contributed by atoms with van der Waals surface area (Å²) >= 11 is 0. The largest absolute Gasteiger partial charge is 0.481 e. The van der Waals surface area contributed by atoms with Gasteiger partial charge in [0.25, 0.3) is 0 Å². The highest BCUT2D eigenvalue weighted by atomic mass is 16.4. The molecule has 80 valence electrons. The molecule has 1 fully saturated rings. The van der Waals surface area contributed by atoms with Crippen LogP contribution in [0.25, 0.3) is 0 Å². The molecule has 0 amide bonds. The van der Waals surface area contributed by atoms with Crippen LogP contribution < -0.4 is 0 Å². The van der Waals surface area contributed by atoms with Gasteiger partial charge in [-0.1, -0.05) is 23.8 Å². The minimum Gasteiger partial charge on any atom is -0.481 e. The van der Waals surface area contributed by atoms with Crippen LogP contribution in [-0.2, 0) is 9.59 Å². The lowest BCUT2D eigenvalue weighted by atomic mass is 9.73. The molecule has 0 bridgehead atoms. The molecule has 0 aromatic rings. The van der Waals surface area contributed by atoms with Gasteiger partial charge in [-0.2, -0.15) is 0 Å². The van der Waals surface area contributed by atoms with Crippen molar-refractivity contribution in [2.75, 3.05) is 0 Å². The molecule has 2 atom stereocenters. The third-order valence-corrected chi connectivity index (χ3v) is 3.13. The molecule has 1 N–H and O–H groups in total.